The minimum Gasteiger partial charge on any atom is -0.460 e. The second-order valence-electron chi connectivity index (χ2n) is 6.53. The first-order chi connectivity index (χ1) is 10.3. The summed E-state index contributed by atoms with van der Waals surface area (Å²) in [6.45, 7) is 5.18. The lowest BCUT2D eigenvalue weighted by Gasteiger charge is -2.30. The van der Waals surface area contributed by atoms with Crippen molar-refractivity contribution < 1.29 is 4.74 Å². The highest BCUT2D eigenvalue weighted by atomic mass is 16.5. The van der Waals surface area contributed by atoms with Gasteiger partial charge in [-0.3, -0.25) is 0 Å². The van der Waals surface area contributed by atoms with Crippen molar-refractivity contribution in [3.8, 4) is 6.01 Å². The second-order valence-corrected chi connectivity index (χ2v) is 6.53. The lowest BCUT2D eigenvalue weighted by Crippen LogP contribution is -2.30. The van der Waals surface area contributed by atoms with Crippen LogP contribution < -0.4 is 10.1 Å². The van der Waals surface area contributed by atoms with Gasteiger partial charge in [-0.2, -0.15) is 0 Å². The molecule has 4 heteroatoms. The van der Waals surface area contributed by atoms with Gasteiger partial charge in [-0.25, -0.2) is 9.97 Å². The van der Waals surface area contributed by atoms with E-state index >= 15 is 0 Å². The molecule has 0 radical (unpaired) electrons. The zero-order valence-electron chi connectivity index (χ0n) is 13.3. The summed E-state index contributed by atoms with van der Waals surface area (Å²) < 4.78 is 6.09. The van der Waals surface area contributed by atoms with E-state index in [9.17, 15) is 0 Å². The maximum atomic E-state index is 6.09. The van der Waals surface area contributed by atoms with E-state index in [-0.39, 0.29) is 0 Å². The molecule has 0 saturated heterocycles. The predicted molar refractivity (Wildman–Crippen MR) is 83.3 cm³/mol. The van der Waals surface area contributed by atoms with Gasteiger partial charge in [0.05, 0.1) is 0 Å². The molecule has 116 valence electrons. The summed E-state index contributed by atoms with van der Waals surface area (Å²) in [5.41, 5.74) is 2.22. The van der Waals surface area contributed by atoms with E-state index in [1.807, 2.05) is 6.20 Å². The van der Waals surface area contributed by atoms with Crippen LogP contribution in [0.1, 0.15) is 63.1 Å². The predicted octanol–water partition coefficient (Wildman–Crippen LogP) is 3.38. The summed E-state index contributed by atoms with van der Waals surface area (Å²) in [6.07, 6.45) is 11.1. The van der Waals surface area contributed by atoms with E-state index in [4.69, 9.17) is 4.74 Å². The number of aryl methyl sites for hydroxylation is 1. The van der Waals surface area contributed by atoms with Gasteiger partial charge in [0.25, 0.3) is 0 Å². The van der Waals surface area contributed by atoms with Crippen molar-refractivity contribution in [3.05, 3.63) is 17.5 Å². The van der Waals surface area contributed by atoms with Crippen molar-refractivity contribution in [3.63, 3.8) is 0 Å². The van der Waals surface area contributed by atoms with Crippen molar-refractivity contribution in [1.82, 2.24) is 15.3 Å². The van der Waals surface area contributed by atoms with Crippen molar-refractivity contribution >= 4 is 0 Å². The van der Waals surface area contributed by atoms with Crippen molar-refractivity contribution in [2.45, 2.75) is 77.5 Å². The Balaban J connectivity index is 1.60. The summed E-state index contributed by atoms with van der Waals surface area (Å²) >= 11 is 0. The van der Waals surface area contributed by atoms with Crippen LogP contribution in [0.15, 0.2) is 6.20 Å². The average Bonchev–Trinajstić information content (AvgIpc) is 3.31. The van der Waals surface area contributed by atoms with Gasteiger partial charge in [0, 0.05) is 30.0 Å². The third-order valence-electron chi connectivity index (χ3n) is 4.84. The number of rotatable bonds is 6. The van der Waals surface area contributed by atoms with Crippen LogP contribution in [-0.2, 0) is 6.54 Å². The number of hydrogen-bond donors (Lipinski definition) is 1. The van der Waals surface area contributed by atoms with E-state index in [2.05, 4.69) is 29.1 Å². The number of nitrogens with zero attached hydrogens (tertiary/aromatic N) is 2. The van der Waals surface area contributed by atoms with Gasteiger partial charge in [-0.05, 0) is 51.4 Å². The topological polar surface area (TPSA) is 47.0 Å². The molecule has 0 bridgehead atoms. The fraction of sp³-hybridized carbons (Fsp3) is 0.765. The molecule has 2 aliphatic carbocycles. The standard InChI is InChI=1S/C17H27N3O/c1-3-13-6-4-5-7-16(13)21-17-19-11-14(12(2)20-17)10-18-15-8-9-15/h11,13,15-16,18H,3-10H2,1-2H3. The Morgan fingerprint density at radius 3 is 2.76 bits per heavy atom. The number of hydrogen-bond acceptors (Lipinski definition) is 4. The molecule has 0 aromatic carbocycles. The first kappa shape index (κ1) is 14.8. The SMILES string of the molecule is CCC1CCCCC1Oc1ncc(CNC2CC2)c(C)n1. The van der Waals surface area contributed by atoms with Crippen LogP contribution in [-0.4, -0.2) is 22.1 Å². The molecule has 4 nitrogen and oxygen atoms in total. The molecule has 1 N–H and O–H groups in total. The molecule has 21 heavy (non-hydrogen) atoms. The Kier molecular flexibility index (Phi) is 4.73. The van der Waals surface area contributed by atoms with E-state index in [1.165, 1.54) is 44.1 Å². The second kappa shape index (κ2) is 6.73. The highest BCUT2D eigenvalue weighted by molar-refractivity contribution is 5.18. The molecule has 1 heterocycles. The number of nitrogens with one attached hydrogen (secondary N) is 1. The number of aromatic nitrogens is 2. The molecule has 2 atom stereocenters. The van der Waals surface area contributed by atoms with Crippen molar-refractivity contribution in [2.75, 3.05) is 0 Å². The lowest BCUT2D eigenvalue weighted by molar-refractivity contribution is 0.0806. The van der Waals surface area contributed by atoms with E-state index in [0.29, 0.717) is 24.1 Å². The third-order valence-corrected chi connectivity index (χ3v) is 4.84. The molecule has 1 aromatic heterocycles. The first-order valence-electron chi connectivity index (χ1n) is 8.48. The monoisotopic (exact) mass is 289 g/mol. The van der Waals surface area contributed by atoms with E-state index in [0.717, 1.165) is 18.7 Å². The largest absolute Gasteiger partial charge is 0.460 e. The molecule has 2 unspecified atom stereocenters. The summed E-state index contributed by atoms with van der Waals surface area (Å²) in [5.74, 6) is 0.666. The summed E-state index contributed by atoms with van der Waals surface area (Å²) in [5, 5.41) is 3.51. The normalized spacial score (nSPS) is 25.8. The molecule has 3 rings (SSSR count). The van der Waals surface area contributed by atoms with Gasteiger partial charge < -0.3 is 10.1 Å². The lowest BCUT2D eigenvalue weighted by atomic mass is 9.85. The zero-order valence-corrected chi connectivity index (χ0v) is 13.3. The maximum Gasteiger partial charge on any atom is 0.316 e. The van der Waals surface area contributed by atoms with Gasteiger partial charge in [0.1, 0.15) is 6.10 Å². The Morgan fingerprint density at radius 1 is 1.24 bits per heavy atom. The molecule has 2 aliphatic rings. The Hall–Kier alpha value is -1.16. The molecule has 1 aromatic rings. The van der Waals surface area contributed by atoms with E-state index in [1.54, 1.807) is 0 Å². The van der Waals surface area contributed by atoms with Crippen LogP contribution >= 0.6 is 0 Å². The third kappa shape index (κ3) is 3.94. The maximum absolute atomic E-state index is 6.09. The Morgan fingerprint density at radius 2 is 2.05 bits per heavy atom. The van der Waals surface area contributed by atoms with Crippen LogP contribution in [0.4, 0.5) is 0 Å². The van der Waals surface area contributed by atoms with Gasteiger partial charge in [0.15, 0.2) is 0 Å². The molecule has 0 aliphatic heterocycles. The van der Waals surface area contributed by atoms with Crippen LogP contribution in [0.25, 0.3) is 0 Å². The molecule has 0 spiro atoms. The van der Waals surface area contributed by atoms with E-state index < -0.39 is 0 Å². The highest BCUT2D eigenvalue weighted by Gasteiger charge is 2.26. The van der Waals surface area contributed by atoms with Crippen LogP contribution in [0, 0.1) is 12.8 Å². The fourth-order valence-corrected chi connectivity index (χ4v) is 3.17. The molecule has 2 fully saturated rings. The molecule has 0 amide bonds. The zero-order chi connectivity index (χ0) is 14.7. The summed E-state index contributed by atoms with van der Waals surface area (Å²) in [6, 6.07) is 1.28. The highest BCUT2D eigenvalue weighted by Crippen LogP contribution is 2.29. The van der Waals surface area contributed by atoms with Crippen LogP contribution in [0.2, 0.25) is 0 Å². The fourth-order valence-electron chi connectivity index (χ4n) is 3.17. The Labute approximate surface area is 127 Å². The van der Waals surface area contributed by atoms with Gasteiger partial charge in [0.2, 0.25) is 0 Å². The number of ether oxygens (including phenoxy) is 1. The van der Waals surface area contributed by atoms with Gasteiger partial charge in [-0.1, -0.05) is 13.3 Å². The van der Waals surface area contributed by atoms with Crippen molar-refractivity contribution in [1.29, 1.82) is 0 Å². The Bertz CT molecular complexity index is 473. The molecule has 2 saturated carbocycles. The minimum atomic E-state index is 0.304. The average molecular weight is 289 g/mol. The van der Waals surface area contributed by atoms with Gasteiger partial charge in [-0.15, -0.1) is 0 Å². The summed E-state index contributed by atoms with van der Waals surface area (Å²) in [7, 11) is 0. The molecular formula is C17H27N3O. The van der Waals surface area contributed by atoms with Crippen LogP contribution in [0.3, 0.4) is 0 Å². The quantitative estimate of drug-likeness (QED) is 0.872. The smallest absolute Gasteiger partial charge is 0.316 e. The van der Waals surface area contributed by atoms with Crippen molar-refractivity contribution in [2.24, 2.45) is 5.92 Å². The summed E-state index contributed by atoms with van der Waals surface area (Å²) in [4.78, 5) is 8.99. The minimum absolute atomic E-state index is 0.304. The molecular weight excluding hydrogens is 262 g/mol. The first-order valence-corrected chi connectivity index (χ1v) is 8.48. The van der Waals surface area contributed by atoms with Crippen LogP contribution in [0.5, 0.6) is 6.01 Å². The van der Waals surface area contributed by atoms with Gasteiger partial charge >= 0.3 is 6.01 Å².